The van der Waals surface area contributed by atoms with E-state index in [1.165, 1.54) is 5.56 Å². The van der Waals surface area contributed by atoms with Crippen LogP contribution < -0.4 is 9.47 Å². The van der Waals surface area contributed by atoms with Crippen LogP contribution in [-0.2, 0) is 5.41 Å². The van der Waals surface area contributed by atoms with Crippen LogP contribution in [0.2, 0.25) is 0 Å². The summed E-state index contributed by atoms with van der Waals surface area (Å²) in [6, 6.07) is 6.05. The molecule has 1 unspecified atom stereocenters. The van der Waals surface area contributed by atoms with Crippen LogP contribution in [0.25, 0.3) is 0 Å². The highest BCUT2D eigenvalue weighted by atomic mass is 79.9. The van der Waals surface area contributed by atoms with Gasteiger partial charge in [0.05, 0.1) is 13.7 Å². The van der Waals surface area contributed by atoms with Crippen LogP contribution >= 0.6 is 15.9 Å². The molecule has 0 saturated carbocycles. The first-order valence-electron chi connectivity index (χ1n) is 6.79. The molecule has 0 radical (unpaired) electrons. The highest BCUT2D eigenvalue weighted by Gasteiger charge is 2.20. The second-order valence-corrected chi connectivity index (χ2v) is 6.50. The highest BCUT2D eigenvalue weighted by Crippen LogP contribution is 2.34. The van der Waals surface area contributed by atoms with Crippen LogP contribution in [0.4, 0.5) is 0 Å². The van der Waals surface area contributed by atoms with Gasteiger partial charge in [0.25, 0.3) is 0 Å². The van der Waals surface area contributed by atoms with Gasteiger partial charge in [0.1, 0.15) is 11.5 Å². The average Bonchev–Trinajstić information content (AvgIpc) is 2.39. The number of hydrogen-bond donors (Lipinski definition) is 0. The van der Waals surface area contributed by atoms with E-state index in [4.69, 9.17) is 9.47 Å². The fourth-order valence-electron chi connectivity index (χ4n) is 1.83. The Hall–Kier alpha value is -0.700. The molecule has 1 aromatic carbocycles. The zero-order valence-corrected chi connectivity index (χ0v) is 14.2. The molecule has 0 spiro atoms. The Bertz CT molecular complexity index is 392. The molecule has 0 N–H and O–H groups in total. The van der Waals surface area contributed by atoms with Crippen LogP contribution in [-0.4, -0.2) is 19.0 Å². The van der Waals surface area contributed by atoms with E-state index in [0.717, 1.165) is 29.9 Å². The summed E-state index contributed by atoms with van der Waals surface area (Å²) >= 11 is 3.53. The molecule has 1 atom stereocenters. The summed E-state index contributed by atoms with van der Waals surface area (Å²) in [5, 5.41) is 0.977. The number of methoxy groups -OCH3 is 1. The van der Waals surface area contributed by atoms with E-state index in [2.05, 4.69) is 49.7 Å². The second kappa shape index (κ2) is 7.18. The number of alkyl halides is 1. The molecule has 0 amide bonds. The average molecular weight is 329 g/mol. The van der Waals surface area contributed by atoms with Crippen LogP contribution in [0.1, 0.15) is 39.7 Å². The summed E-state index contributed by atoms with van der Waals surface area (Å²) in [7, 11) is 1.69. The van der Waals surface area contributed by atoms with E-state index < -0.39 is 0 Å². The number of hydrogen-bond acceptors (Lipinski definition) is 2. The Labute approximate surface area is 125 Å². The molecule has 0 aliphatic heterocycles. The topological polar surface area (TPSA) is 18.5 Å². The summed E-state index contributed by atoms with van der Waals surface area (Å²) in [5.74, 6) is 2.40. The van der Waals surface area contributed by atoms with E-state index in [1.807, 2.05) is 12.1 Å². The molecule has 0 saturated heterocycles. The minimum absolute atomic E-state index is 0.0417. The Morgan fingerprint density at radius 2 is 1.95 bits per heavy atom. The normalized spacial score (nSPS) is 13.2. The van der Waals surface area contributed by atoms with Crippen molar-refractivity contribution in [1.29, 1.82) is 0 Å². The number of benzene rings is 1. The first-order valence-corrected chi connectivity index (χ1v) is 7.91. The summed E-state index contributed by atoms with van der Waals surface area (Å²) in [4.78, 5) is 0. The van der Waals surface area contributed by atoms with Crippen molar-refractivity contribution < 1.29 is 9.47 Å². The molecule has 3 heteroatoms. The molecule has 1 aromatic rings. The highest BCUT2D eigenvalue weighted by molar-refractivity contribution is 9.09. The standard InChI is InChI=1S/C16H25BrO2/c1-6-12(10-17)11-19-15-8-7-13(18-5)9-14(15)16(2,3)4/h7-9,12H,6,10-11H2,1-5H3. The van der Waals surface area contributed by atoms with Gasteiger partial charge in [0.15, 0.2) is 0 Å². The number of rotatable bonds is 6. The largest absolute Gasteiger partial charge is 0.497 e. The van der Waals surface area contributed by atoms with Gasteiger partial charge in [-0.05, 0) is 30.0 Å². The Morgan fingerprint density at radius 3 is 2.42 bits per heavy atom. The van der Waals surface area contributed by atoms with Crippen molar-refractivity contribution in [3.63, 3.8) is 0 Å². The van der Waals surface area contributed by atoms with Gasteiger partial charge >= 0.3 is 0 Å². The van der Waals surface area contributed by atoms with Gasteiger partial charge in [-0.1, -0.05) is 43.6 Å². The summed E-state index contributed by atoms with van der Waals surface area (Å²) in [6.45, 7) is 9.51. The summed E-state index contributed by atoms with van der Waals surface area (Å²) < 4.78 is 11.3. The van der Waals surface area contributed by atoms with Crippen molar-refractivity contribution in [2.24, 2.45) is 5.92 Å². The van der Waals surface area contributed by atoms with E-state index in [-0.39, 0.29) is 5.41 Å². The fraction of sp³-hybridized carbons (Fsp3) is 0.625. The van der Waals surface area contributed by atoms with Crippen LogP contribution in [0.3, 0.4) is 0 Å². The third kappa shape index (κ3) is 4.72. The second-order valence-electron chi connectivity index (χ2n) is 5.85. The molecule has 108 valence electrons. The van der Waals surface area contributed by atoms with E-state index >= 15 is 0 Å². The van der Waals surface area contributed by atoms with E-state index in [1.54, 1.807) is 7.11 Å². The van der Waals surface area contributed by atoms with Crippen molar-refractivity contribution in [2.45, 2.75) is 39.5 Å². The van der Waals surface area contributed by atoms with Crippen molar-refractivity contribution in [2.75, 3.05) is 19.0 Å². The molecular weight excluding hydrogens is 304 g/mol. The van der Waals surface area contributed by atoms with Gasteiger partial charge in [0, 0.05) is 16.8 Å². The Balaban J connectivity index is 2.93. The SMILES string of the molecule is CCC(CBr)COc1ccc(OC)cc1C(C)(C)C. The molecule has 1 rings (SSSR count). The van der Waals surface area contributed by atoms with Crippen molar-refractivity contribution in [3.8, 4) is 11.5 Å². The zero-order valence-electron chi connectivity index (χ0n) is 12.6. The predicted octanol–water partition coefficient (Wildman–Crippen LogP) is 4.79. The fourth-order valence-corrected chi connectivity index (χ4v) is 2.47. The van der Waals surface area contributed by atoms with Gasteiger partial charge in [0.2, 0.25) is 0 Å². The predicted molar refractivity (Wildman–Crippen MR) is 84.8 cm³/mol. The minimum Gasteiger partial charge on any atom is -0.497 e. The van der Waals surface area contributed by atoms with Crippen molar-refractivity contribution >= 4 is 15.9 Å². The van der Waals surface area contributed by atoms with E-state index in [9.17, 15) is 0 Å². The Morgan fingerprint density at radius 1 is 1.26 bits per heavy atom. The molecular formula is C16H25BrO2. The van der Waals surface area contributed by atoms with Gasteiger partial charge in [-0.15, -0.1) is 0 Å². The summed E-state index contributed by atoms with van der Waals surface area (Å²) in [5.41, 5.74) is 1.23. The van der Waals surface area contributed by atoms with Gasteiger partial charge < -0.3 is 9.47 Å². The third-order valence-corrected chi connectivity index (χ3v) is 4.18. The molecule has 0 aliphatic carbocycles. The Kier molecular flexibility index (Phi) is 6.18. The number of ether oxygens (including phenoxy) is 2. The molecule has 0 aliphatic rings. The number of halogens is 1. The lowest BCUT2D eigenvalue weighted by atomic mass is 9.86. The maximum absolute atomic E-state index is 6.02. The van der Waals surface area contributed by atoms with Crippen LogP contribution in [0.5, 0.6) is 11.5 Å². The van der Waals surface area contributed by atoms with Gasteiger partial charge in [-0.2, -0.15) is 0 Å². The van der Waals surface area contributed by atoms with Crippen LogP contribution in [0, 0.1) is 5.92 Å². The lowest BCUT2D eigenvalue weighted by Gasteiger charge is -2.24. The van der Waals surface area contributed by atoms with Gasteiger partial charge in [-0.25, -0.2) is 0 Å². The zero-order chi connectivity index (χ0) is 14.5. The van der Waals surface area contributed by atoms with Crippen molar-refractivity contribution in [1.82, 2.24) is 0 Å². The molecule has 0 fully saturated rings. The molecule has 0 bridgehead atoms. The quantitative estimate of drug-likeness (QED) is 0.699. The smallest absolute Gasteiger partial charge is 0.123 e. The maximum atomic E-state index is 6.02. The van der Waals surface area contributed by atoms with Crippen LogP contribution in [0.15, 0.2) is 18.2 Å². The molecule has 2 nitrogen and oxygen atoms in total. The monoisotopic (exact) mass is 328 g/mol. The lowest BCUT2D eigenvalue weighted by Crippen LogP contribution is -2.17. The molecule has 0 aromatic heterocycles. The minimum atomic E-state index is 0.0417. The van der Waals surface area contributed by atoms with E-state index in [0.29, 0.717) is 5.92 Å². The summed E-state index contributed by atoms with van der Waals surface area (Å²) in [6.07, 6.45) is 1.12. The maximum Gasteiger partial charge on any atom is 0.123 e. The van der Waals surface area contributed by atoms with Gasteiger partial charge in [-0.3, -0.25) is 0 Å². The lowest BCUT2D eigenvalue weighted by molar-refractivity contribution is 0.254. The first kappa shape index (κ1) is 16.4. The first-order chi connectivity index (χ1) is 8.92. The third-order valence-electron chi connectivity index (χ3n) is 3.26. The molecule has 0 heterocycles. The van der Waals surface area contributed by atoms with Crippen molar-refractivity contribution in [3.05, 3.63) is 23.8 Å². The molecule has 19 heavy (non-hydrogen) atoms.